The van der Waals surface area contributed by atoms with Crippen molar-refractivity contribution in [2.45, 2.75) is 32.6 Å². The summed E-state index contributed by atoms with van der Waals surface area (Å²) in [7, 11) is 0. The molecule has 6 heteroatoms. The van der Waals surface area contributed by atoms with Gasteiger partial charge in [-0.1, -0.05) is 12.8 Å². The standard InChI is InChI=1S/C12H23N5O/c1-2-14-10-9-11(17-12(13)16-10)15-7-5-3-4-6-8-18/h9,18H,2-8H2,1H3,(H4,13,14,15,16,17). The number of nitrogens with two attached hydrogens (primary N) is 1. The first-order chi connectivity index (χ1) is 8.76. The molecule has 1 heterocycles. The van der Waals surface area contributed by atoms with Gasteiger partial charge in [-0.25, -0.2) is 0 Å². The number of anilines is 3. The molecular formula is C12H23N5O. The van der Waals surface area contributed by atoms with Gasteiger partial charge in [0.15, 0.2) is 0 Å². The first kappa shape index (κ1) is 14.5. The fraction of sp³-hybridized carbons (Fsp3) is 0.667. The molecule has 0 aromatic carbocycles. The molecule has 0 atom stereocenters. The van der Waals surface area contributed by atoms with Gasteiger partial charge < -0.3 is 21.5 Å². The van der Waals surface area contributed by atoms with Gasteiger partial charge in [0, 0.05) is 25.8 Å². The van der Waals surface area contributed by atoms with Crippen LogP contribution in [-0.2, 0) is 0 Å². The summed E-state index contributed by atoms with van der Waals surface area (Å²) in [4.78, 5) is 8.21. The summed E-state index contributed by atoms with van der Waals surface area (Å²) in [5, 5.41) is 15.0. The number of aromatic nitrogens is 2. The number of aliphatic hydroxyl groups is 1. The van der Waals surface area contributed by atoms with Crippen molar-refractivity contribution < 1.29 is 5.11 Å². The van der Waals surface area contributed by atoms with Crippen molar-refractivity contribution in [3.63, 3.8) is 0 Å². The fourth-order valence-corrected chi connectivity index (χ4v) is 1.63. The molecule has 0 aliphatic carbocycles. The van der Waals surface area contributed by atoms with Crippen LogP contribution in [0.5, 0.6) is 0 Å². The Kier molecular flexibility index (Phi) is 6.86. The van der Waals surface area contributed by atoms with E-state index in [0.717, 1.165) is 50.4 Å². The lowest BCUT2D eigenvalue weighted by Gasteiger charge is -2.08. The number of aliphatic hydroxyl groups excluding tert-OH is 1. The maximum atomic E-state index is 8.66. The second kappa shape index (κ2) is 8.52. The van der Waals surface area contributed by atoms with Crippen molar-refractivity contribution in [1.29, 1.82) is 0 Å². The molecule has 0 spiro atoms. The zero-order chi connectivity index (χ0) is 13.2. The molecule has 1 aromatic rings. The van der Waals surface area contributed by atoms with E-state index in [-0.39, 0.29) is 12.6 Å². The third-order valence-corrected chi connectivity index (χ3v) is 2.49. The molecule has 1 rings (SSSR count). The average Bonchev–Trinajstić information content (AvgIpc) is 2.33. The number of nitrogen functional groups attached to an aromatic ring is 1. The van der Waals surface area contributed by atoms with Gasteiger partial charge in [-0.3, -0.25) is 0 Å². The van der Waals surface area contributed by atoms with E-state index in [1.807, 2.05) is 13.0 Å². The summed E-state index contributed by atoms with van der Waals surface area (Å²) in [5.41, 5.74) is 5.63. The van der Waals surface area contributed by atoms with Crippen LogP contribution < -0.4 is 16.4 Å². The van der Waals surface area contributed by atoms with Crippen LogP contribution >= 0.6 is 0 Å². The molecule has 5 N–H and O–H groups in total. The van der Waals surface area contributed by atoms with E-state index >= 15 is 0 Å². The molecule has 1 aromatic heterocycles. The van der Waals surface area contributed by atoms with Crippen molar-refractivity contribution in [3.05, 3.63) is 6.07 Å². The largest absolute Gasteiger partial charge is 0.396 e. The number of hydrogen-bond donors (Lipinski definition) is 4. The highest BCUT2D eigenvalue weighted by molar-refractivity contribution is 5.50. The van der Waals surface area contributed by atoms with Gasteiger partial charge in [0.2, 0.25) is 5.95 Å². The number of nitrogens with zero attached hydrogens (tertiary/aromatic N) is 2. The van der Waals surface area contributed by atoms with E-state index in [9.17, 15) is 0 Å². The topological polar surface area (TPSA) is 96.1 Å². The van der Waals surface area contributed by atoms with Crippen LogP contribution in [0.1, 0.15) is 32.6 Å². The Morgan fingerprint density at radius 3 is 2.44 bits per heavy atom. The second-order valence-electron chi connectivity index (χ2n) is 4.09. The lowest BCUT2D eigenvalue weighted by atomic mass is 10.2. The van der Waals surface area contributed by atoms with Crippen molar-refractivity contribution >= 4 is 17.6 Å². The van der Waals surface area contributed by atoms with Gasteiger partial charge in [0.25, 0.3) is 0 Å². The van der Waals surface area contributed by atoms with Gasteiger partial charge in [0.1, 0.15) is 11.6 Å². The van der Waals surface area contributed by atoms with Crippen molar-refractivity contribution in [2.24, 2.45) is 0 Å². The quantitative estimate of drug-likeness (QED) is 0.498. The molecule has 18 heavy (non-hydrogen) atoms. The molecule has 0 amide bonds. The highest BCUT2D eigenvalue weighted by Crippen LogP contribution is 2.12. The second-order valence-corrected chi connectivity index (χ2v) is 4.09. The Labute approximate surface area is 108 Å². The van der Waals surface area contributed by atoms with Crippen molar-refractivity contribution in [3.8, 4) is 0 Å². The van der Waals surface area contributed by atoms with Crippen molar-refractivity contribution in [1.82, 2.24) is 9.97 Å². The van der Waals surface area contributed by atoms with Crippen LogP contribution in [0.3, 0.4) is 0 Å². The lowest BCUT2D eigenvalue weighted by molar-refractivity contribution is 0.283. The minimum Gasteiger partial charge on any atom is -0.396 e. The van der Waals surface area contributed by atoms with E-state index in [0.29, 0.717) is 0 Å². The van der Waals surface area contributed by atoms with Gasteiger partial charge >= 0.3 is 0 Å². The van der Waals surface area contributed by atoms with Crippen LogP contribution in [0.4, 0.5) is 17.6 Å². The zero-order valence-electron chi connectivity index (χ0n) is 10.9. The SMILES string of the molecule is CCNc1cc(NCCCCCCO)nc(N)n1. The molecule has 0 radical (unpaired) electrons. The van der Waals surface area contributed by atoms with Crippen LogP contribution in [0.25, 0.3) is 0 Å². The monoisotopic (exact) mass is 253 g/mol. The third kappa shape index (κ3) is 5.67. The van der Waals surface area contributed by atoms with Crippen LogP contribution in [0, 0.1) is 0 Å². The molecule has 0 bridgehead atoms. The van der Waals surface area contributed by atoms with Crippen LogP contribution in [0.15, 0.2) is 6.07 Å². The normalized spacial score (nSPS) is 10.3. The maximum Gasteiger partial charge on any atom is 0.223 e. The van der Waals surface area contributed by atoms with Crippen molar-refractivity contribution in [2.75, 3.05) is 36.1 Å². The van der Waals surface area contributed by atoms with Crippen LogP contribution in [0.2, 0.25) is 0 Å². The predicted octanol–water partition coefficient (Wildman–Crippen LogP) is 1.46. The Morgan fingerprint density at radius 2 is 1.78 bits per heavy atom. The smallest absolute Gasteiger partial charge is 0.223 e. The molecule has 0 aliphatic heterocycles. The van der Waals surface area contributed by atoms with E-state index < -0.39 is 0 Å². The summed E-state index contributed by atoms with van der Waals surface area (Å²) < 4.78 is 0. The number of hydrogen-bond acceptors (Lipinski definition) is 6. The minimum absolute atomic E-state index is 0.274. The summed E-state index contributed by atoms with van der Waals surface area (Å²) in [6.07, 6.45) is 4.10. The minimum atomic E-state index is 0.274. The molecule has 0 aliphatic rings. The Morgan fingerprint density at radius 1 is 1.11 bits per heavy atom. The third-order valence-electron chi connectivity index (χ3n) is 2.49. The number of rotatable bonds is 9. The highest BCUT2D eigenvalue weighted by atomic mass is 16.2. The predicted molar refractivity (Wildman–Crippen MR) is 74.7 cm³/mol. The summed E-state index contributed by atoms with van der Waals surface area (Å²) >= 11 is 0. The van der Waals surface area contributed by atoms with Gasteiger partial charge in [-0.05, 0) is 19.8 Å². The number of unbranched alkanes of at least 4 members (excludes halogenated alkanes) is 3. The zero-order valence-corrected chi connectivity index (χ0v) is 10.9. The first-order valence-corrected chi connectivity index (χ1v) is 6.49. The number of nitrogens with one attached hydrogen (secondary N) is 2. The molecule has 102 valence electrons. The molecule has 0 saturated carbocycles. The fourth-order valence-electron chi connectivity index (χ4n) is 1.63. The van der Waals surface area contributed by atoms with Gasteiger partial charge in [-0.15, -0.1) is 0 Å². The summed E-state index contributed by atoms with van der Waals surface area (Å²) in [6, 6.07) is 1.85. The van der Waals surface area contributed by atoms with E-state index in [1.54, 1.807) is 0 Å². The Hall–Kier alpha value is -1.56. The van der Waals surface area contributed by atoms with Crippen LogP contribution in [-0.4, -0.2) is 34.8 Å². The molecule has 0 unspecified atom stereocenters. The highest BCUT2D eigenvalue weighted by Gasteiger charge is 2.00. The average molecular weight is 253 g/mol. The Balaban J connectivity index is 2.32. The van der Waals surface area contributed by atoms with E-state index in [1.165, 1.54) is 0 Å². The molecule has 0 fully saturated rings. The van der Waals surface area contributed by atoms with Gasteiger partial charge in [0.05, 0.1) is 0 Å². The summed E-state index contributed by atoms with van der Waals surface area (Å²) in [5.74, 6) is 1.77. The molecule has 0 saturated heterocycles. The first-order valence-electron chi connectivity index (χ1n) is 6.49. The summed E-state index contributed by atoms with van der Waals surface area (Å²) in [6.45, 7) is 3.94. The molecule has 6 nitrogen and oxygen atoms in total. The van der Waals surface area contributed by atoms with E-state index in [2.05, 4.69) is 20.6 Å². The van der Waals surface area contributed by atoms with Gasteiger partial charge in [-0.2, -0.15) is 9.97 Å². The van der Waals surface area contributed by atoms with E-state index in [4.69, 9.17) is 10.8 Å². The maximum absolute atomic E-state index is 8.66. The Bertz CT molecular complexity index is 345. The lowest BCUT2D eigenvalue weighted by Crippen LogP contribution is -2.08. The molecular weight excluding hydrogens is 230 g/mol.